The van der Waals surface area contributed by atoms with Gasteiger partial charge in [-0.3, -0.25) is 14.6 Å². The molecule has 1 saturated carbocycles. The van der Waals surface area contributed by atoms with Gasteiger partial charge in [0.2, 0.25) is 5.95 Å². The van der Waals surface area contributed by atoms with E-state index in [0.717, 1.165) is 22.7 Å². The fraction of sp³-hybridized carbons (Fsp3) is 0.375. The number of halogens is 5. The van der Waals surface area contributed by atoms with Crippen molar-refractivity contribution in [3.63, 3.8) is 0 Å². The van der Waals surface area contributed by atoms with E-state index >= 15 is 0 Å². The predicted molar refractivity (Wildman–Crippen MR) is 134 cm³/mol. The maximum Gasteiger partial charge on any atom is 0.420 e. The number of aromatic nitrogens is 8. The van der Waals surface area contributed by atoms with Crippen molar-refractivity contribution in [1.29, 1.82) is 0 Å². The third kappa shape index (κ3) is 6.07. The second kappa shape index (κ2) is 11.1. The first-order valence-electron chi connectivity index (χ1n) is 12.4. The Bertz CT molecular complexity index is 1510. The molecule has 17 heteroatoms. The number of anilines is 2. The maximum atomic E-state index is 13.6. The first-order chi connectivity index (χ1) is 19.5. The Morgan fingerprint density at radius 1 is 1.07 bits per heavy atom. The van der Waals surface area contributed by atoms with Gasteiger partial charge in [-0.05, 0) is 31.7 Å². The second-order valence-corrected chi connectivity index (χ2v) is 9.38. The van der Waals surface area contributed by atoms with E-state index in [4.69, 9.17) is 0 Å². The van der Waals surface area contributed by atoms with Crippen molar-refractivity contribution in [2.24, 2.45) is 7.05 Å². The highest BCUT2D eigenvalue weighted by molar-refractivity contribution is 5.85. The summed E-state index contributed by atoms with van der Waals surface area (Å²) in [6.07, 6.45) is 3.39. The topological polar surface area (TPSA) is 140 Å². The van der Waals surface area contributed by atoms with Gasteiger partial charge in [0.05, 0.1) is 24.3 Å². The number of hydrogen-bond acceptors (Lipinski definition) is 8. The van der Waals surface area contributed by atoms with Crippen LogP contribution in [0.3, 0.4) is 0 Å². The average molecular weight is 579 g/mol. The van der Waals surface area contributed by atoms with E-state index in [1.807, 2.05) is 0 Å². The zero-order chi connectivity index (χ0) is 29.3. The lowest BCUT2D eigenvalue weighted by Crippen LogP contribution is -2.44. The molecule has 4 heterocycles. The van der Waals surface area contributed by atoms with Gasteiger partial charge in [-0.25, -0.2) is 24.4 Å². The maximum absolute atomic E-state index is 13.6. The van der Waals surface area contributed by atoms with Crippen LogP contribution in [0.1, 0.15) is 37.8 Å². The Morgan fingerprint density at radius 2 is 1.83 bits per heavy atom. The molecule has 1 aliphatic rings. The molecule has 0 atom stereocenters. The zero-order valence-corrected chi connectivity index (χ0v) is 21.4. The lowest BCUT2D eigenvalue weighted by Gasteiger charge is -2.34. The Labute approximate surface area is 228 Å². The van der Waals surface area contributed by atoms with Crippen LogP contribution in [-0.4, -0.2) is 62.8 Å². The largest absolute Gasteiger partial charge is 0.465 e. The summed E-state index contributed by atoms with van der Waals surface area (Å²) < 4.78 is 68.4. The molecule has 2 N–H and O–H groups in total. The first-order valence-corrected chi connectivity index (χ1v) is 12.4. The number of carbonyl (C=O) groups is 1. The number of nitrogens with one attached hydrogen (secondary N) is 1. The first kappa shape index (κ1) is 27.9. The molecule has 0 aromatic carbocycles. The van der Waals surface area contributed by atoms with Crippen molar-refractivity contribution in [1.82, 2.24) is 39.5 Å². The number of aryl methyl sites for hydroxylation is 1. The van der Waals surface area contributed by atoms with Crippen LogP contribution in [0.5, 0.6) is 0 Å². The summed E-state index contributed by atoms with van der Waals surface area (Å²) in [7, 11) is 1.76. The molecule has 0 radical (unpaired) electrons. The van der Waals surface area contributed by atoms with E-state index in [1.54, 1.807) is 24.1 Å². The highest BCUT2D eigenvalue weighted by Crippen LogP contribution is 2.36. The van der Waals surface area contributed by atoms with Gasteiger partial charge in [-0.2, -0.15) is 32.1 Å². The summed E-state index contributed by atoms with van der Waals surface area (Å²) in [5, 5.41) is 20.5. The number of rotatable bonds is 7. The van der Waals surface area contributed by atoms with E-state index in [0.29, 0.717) is 37.6 Å². The van der Waals surface area contributed by atoms with E-state index in [2.05, 4.69) is 35.5 Å². The molecule has 1 amide bonds. The average Bonchev–Trinajstić information content (AvgIpc) is 3.59. The SMILES string of the molecule is Cn1cc(-c2cnc(N(C(=O)O)[C@H]3CC[C@H](Nc4ncc(C(F)(F)F)c(-c5ccn(C(F)F)n5)n4)CC3)cn2)cn1. The molecule has 0 bridgehead atoms. The quantitative estimate of drug-likeness (QED) is 0.295. The standard InChI is InChI=1S/C24H23F5N10O2/c1-37-12-13(8-33-37)18-10-31-19(11-30-18)39(23(40)41)15-4-2-14(3-5-15)34-22-32-9-16(24(27,28)29)20(35-22)17-6-7-38(36-17)21(25)26/h6-12,14-15,21H,2-5H2,1H3,(H,40,41)(H,32,34,35)/t14-,15-. The molecule has 5 rings (SSSR count). The summed E-state index contributed by atoms with van der Waals surface area (Å²) >= 11 is 0. The Hall–Kier alpha value is -4.70. The van der Waals surface area contributed by atoms with Crippen molar-refractivity contribution in [3.05, 3.63) is 48.8 Å². The summed E-state index contributed by atoms with van der Waals surface area (Å²) in [5.41, 5.74) is -0.944. The van der Waals surface area contributed by atoms with Gasteiger partial charge in [-0.15, -0.1) is 0 Å². The molecule has 216 valence electrons. The number of amides is 1. The van der Waals surface area contributed by atoms with Crippen LogP contribution in [-0.2, 0) is 13.2 Å². The number of nitrogens with zero attached hydrogens (tertiary/aromatic N) is 9. The summed E-state index contributed by atoms with van der Waals surface area (Å²) in [4.78, 5) is 29.6. The van der Waals surface area contributed by atoms with E-state index in [9.17, 15) is 31.9 Å². The molecular weight excluding hydrogens is 555 g/mol. The van der Waals surface area contributed by atoms with E-state index < -0.39 is 36.1 Å². The molecule has 0 unspecified atom stereocenters. The number of alkyl halides is 5. The van der Waals surface area contributed by atoms with E-state index in [1.165, 1.54) is 12.4 Å². The third-order valence-corrected chi connectivity index (χ3v) is 6.63. The summed E-state index contributed by atoms with van der Waals surface area (Å²) in [6, 6.07) is 0.335. The minimum absolute atomic E-state index is 0.130. The van der Waals surface area contributed by atoms with Crippen molar-refractivity contribution < 1.29 is 31.9 Å². The normalized spacial score (nSPS) is 17.5. The summed E-state index contributed by atoms with van der Waals surface area (Å²) in [5.74, 6) is 0.0375. The Balaban J connectivity index is 1.28. The molecule has 4 aromatic rings. The van der Waals surface area contributed by atoms with Crippen molar-refractivity contribution in [2.45, 2.75) is 50.5 Å². The van der Waals surface area contributed by atoms with Crippen LogP contribution >= 0.6 is 0 Å². The Kier molecular flexibility index (Phi) is 7.51. The molecule has 12 nitrogen and oxygen atoms in total. The van der Waals surface area contributed by atoms with Gasteiger partial charge >= 0.3 is 18.8 Å². The van der Waals surface area contributed by atoms with Gasteiger partial charge in [0.1, 0.15) is 17.0 Å². The highest BCUT2D eigenvalue weighted by Gasteiger charge is 2.37. The summed E-state index contributed by atoms with van der Waals surface area (Å²) in [6.45, 7) is -3.02. The van der Waals surface area contributed by atoms with Gasteiger partial charge in [0, 0.05) is 43.3 Å². The van der Waals surface area contributed by atoms with Crippen molar-refractivity contribution in [2.75, 3.05) is 10.2 Å². The van der Waals surface area contributed by atoms with Gasteiger partial charge in [0.25, 0.3) is 0 Å². The monoisotopic (exact) mass is 578 g/mol. The second-order valence-electron chi connectivity index (χ2n) is 9.38. The smallest absolute Gasteiger partial charge is 0.420 e. The highest BCUT2D eigenvalue weighted by atomic mass is 19.4. The molecule has 0 spiro atoms. The molecule has 1 fully saturated rings. The van der Waals surface area contributed by atoms with Crippen LogP contribution in [0.2, 0.25) is 0 Å². The van der Waals surface area contributed by atoms with E-state index in [-0.39, 0.29) is 28.2 Å². The third-order valence-electron chi connectivity index (χ3n) is 6.63. The molecule has 0 saturated heterocycles. The fourth-order valence-electron chi connectivity index (χ4n) is 4.68. The van der Waals surface area contributed by atoms with Gasteiger partial charge in [-0.1, -0.05) is 0 Å². The van der Waals surface area contributed by atoms with Crippen LogP contribution in [0, 0.1) is 0 Å². The van der Waals surface area contributed by atoms with Crippen LogP contribution < -0.4 is 10.2 Å². The molecule has 1 aliphatic carbocycles. The number of carboxylic acid groups (broad SMARTS) is 1. The predicted octanol–water partition coefficient (Wildman–Crippen LogP) is 4.85. The fourth-order valence-corrected chi connectivity index (χ4v) is 4.68. The van der Waals surface area contributed by atoms with Gasteiger partial charge < -0.3 is 10.4 Å². The number of hydrogen-bond donors (Lipinski definition) is 2. The van der Waals surface area contributed by atoms with Crippen LogP contribution in [0.25, 0.3) is 22.6 Å². The lowest BCUT2D eigenvalue weighted by atomic mass is 9.90. The minimum Gasteiger partial charge on any atom is -0.465 e. The minimum atomic E-state index is -4.83. The van der Waals surface area contributed by atoms with Gasteiger partial charge in [0.15, 0.2) is 5.82 Å². The van der Waals surface area contributed by atoms with Crippen LogP contribution in [0.4, 0.5) is 38.5 Å². The molecule has 0 aliphatic heterocycles. The van der Waals surface area contributed by atoms with Crippen molar-refractivity contribution in [3.8, 4) is 22.6 Å². The zero-order valence-electron chi connectivity index (χ0n) is 21.4. The molecule has 4 aromatic heterocycles. The Morgan fingerprint density at radius 3 is 2.39 bits per heavy atom. The van der Waals surface area contributed by atoms with Crippen molar-refractivity contribution >= 4 is 17.9 Å². The molecule has 41 heavy (non-hydrogen) atoms. The van der Waals surface area contributed by atoms with Crippen LogP contribution in [0.15, 0.2) is 43.2 Å². The molecular formula is C24H23F5N10O2. The lowest BCUT2D eigenvalue weighted by molar-refractivity contribution is -0.137.